The van der Waals surface area contributed by atoms with E-state index in [1.165, 1.54) is 19.0 Å². The van der Waals surface area contributed by atoms with Crippen molar-refractivity contribution >= 4 is 41.1 Å². The van der Waals surface area contributed by atoms with E-state index in [4.69, 9.17) is 23.9 Å². The van der Waals surface area contributed by atoms with Crippen LogP contribution in [0, 0.1) is 0 Å². The SMILES string of the molecule is CCc1c2c(nc3ccc(OC(=O)OC(C)(C)C)cc13)/C(=C/C1=C(C=O)COC(=O)C1OC(=O)N(C)C)N(C)C2. The van der Waals surface area contributed by atoms with Crippen LogP contribution in [0.5, 0.6) is 5.75 Å². The molecule has 11 nitrogen and oxygen atoms in total. The number of aldehydes is 1. The van der Waals surface area contributed by atoms with Crippen LogP contribution in [0.4, 0.5) is 9.59 Å². The normalized spacial score (nSPS) is 18.0. The molecule has 3 heterocycles. The third kappa shape index (κ3) is 5.78. The van der Waals surface area contributed by atoms with Crippen LogP contribution in [0.2, 0.25) is 0 Å². The van der Waals surface area contributed by atoms with Crippen molar-refractivity contribution in [1.82, 2.24) is 14.8 Å². The van der Waals surface area contributed by atoms with Crippen molar-refractivity contribution in [2.75, 3.05) is 27.7 Å². The van der Waals surface area contributed by atoms with E-state index in [-0.39, 0.29) is 17.8 Å². The molecule has 1 aromatic carbocycles. The number of ether oxygens (including phenoxy) is 4. The maximum Gasteiger partial charge on any atom is 0.514 e. The van der Waals surface area contributed by atoms with Gasteiger partial charge in [0.25, 0.3) is 0 Å². The van der Waals surface area contributed by atoms with Crippen LogP contribution in [0.15, 0.2) is 35.4 Å². The number of hydrogen-bond donors (Lipinski definition) is 0. The number of esters is 1. The Kier molecular flexibility index (Phi) is 7.86. The summed E-state index contributed by atoms with van der Waals surface area (Å²) in [5.41, 5.74) is 3.77. The fourth-order valence-electron chi connectivity index (χ4n) is 4.58. The molecule has 1 amide bonds. The average molecular weight is 552 g/mol. The molecule has 4 rings (SSSR count). The summed E-state index contributed by atoms with van der Waals surface area (Å²) in [6.07, 6.45) is 0.0128. The first-order chi connectivity index (χ1) is 18.8. The number of carbonyl (C=O) groups excluding carboxylic acids is 4. The maximum absolute atomic E-state index is 12.6. The van der Waals surface area contributed by atoms with Crippen LogP contribution in [0.1, 0.15) is 44.5 Å². The smallest absolute Gasteiger partial charge is 0.458 e. The van der Waals surface area contributed by atoms with Crippen LogP contribution < -0.4 is 4.74 Å². The van der Waals surface area contributed by atoms with Gasteiger partial charge in [-0.3, -0.25) is 4.79 Å². The Morgan fingerprint density at radius 3 is 2.60 bits per heavy atom. The molecular formula is C29H33N3O8. The fraction of sp³-hybridized carbons (Fsp3) is 0.414. The lowest BCUT2D eigenvalue weighted by Crippen LogP contribution is -2.39. The number of carbonyl (C=O) groups is 4. The largest absolute Gasteiger partial charge is 0.514 e. The molecule has 0 radical (unpaired) electrons. The maximum atomic E-state index is 12.6. The Balaban J connectivity index is 1.79. The van der Waals surface area contributed by atoms with Crippen molar-refractivity contribution in [1.29, 1.82) is 0 Å². The van der Waals surface area contributed by atoms with Gasteiger partial charge in [0, 0.05) is 49.8 Å². The van der Waals surface area contributed by atoms with Crippen molar-refractivity contribution in [3.8, 4) is 5.75 Å². The Hall–Kier alpha value is -4.41. The zero-order chi connectivity index (χ0) is 29.4. The summed E-state index contributed by atoms with van der Waals surface area (Å²) in [6.45, 7) is 7.60. The van der Waals surface area contributed by atoms with Gasteiger partial charge >= 0.3 is 18.2 Å². The van der Waals surface area contributed by atoms with E-state index in [0.29, 0.717) is 41.9 Å². The van der Waals surface area contributed by atoms with Crippen LogP contribution >= 0.6 is 0 Å². The number of fused-ring (bicyclic) bond motifs is 2. The molecule has 0 aliphatic carbocycles. The number of hydrogen-bond acceptors (Lipinski definition) is 10. The quantitative estimate of drug-likeness (QED) is 0.233. The van der Waals surface area contributed by atoms with Crippen molar-refractivity contribution < 1.29 is 38.1 Å². The monoisotopic (exact) mass is 551 g/mol. The van der Waals surface area contributed by atoms with Crippen molar-refractivity contribution in [2.24, 2.45) is 0 Å². The van der Waals surface area contributed by atoms with Gasteiger partial charge in [-0.1, -0.05) is 6.92 Å². The zero-order valence-corrected chi connectivity index (χ0v) is 23.7. The van der Waals surface area contributed by atoms with Gasteiger partial charge in [0.05, 0.1) is 16.9 Å². The van der Waals surface area contributed by atoms with E-state index in [1.54, 1.807) is 45.0 Å². The molecule has 212 valence electrons. The minimum Gasteiger partial charge on any atom is -0.458 e. The summed E-state index contributed by atoms with van der Waals surface area (Å²) in [7, 11) is 4.86. The van der Waals surface area contributed by atoms with Crippen molar-refractivity contribution in [2.45, 2.75) is 52.4 Å². The minimum absolute atomic E-state index is 0.200. The molecule has 0 N–H and O–H groups in total. The fourth-order valence-corrected chi connectivity index (χ4v) is 4.58. The first kappa shape index (κ1) is 28.6. The van der Waals surface area contributed by atoms with Crippen molar-refractivity contribution in [3.63, 3.8) is 0 Å². The molecule has 0 saturated heterocycles. The molecule has 0 bridgehead atoms. The first-order valence-corrected chi connectivity index (χ1v) is 12.8. The molecule has 1 aromatic heterocycles. The van der Waals surface area contributed by atoms with Crippen LogP contribution in [0.25, 0.3) is 16.6 Å². The van der Waals surface area contributed by atoms with Gasteiger partial charge < -0.3 is 28.7 Å². The number of nitrogens with zero attached hydrogens (tertiary/aromatic N) is 3. The van der Waals surface area contributed by atoms with Gasteiger partial charge in [-0.15, -0.1) is 0 Å². The van der Waals surface area contributed by atoms with Gasteiger partial charge in [-0.2, -0.15) is 0 Å². The van der Waals surface area contributed by atoms with E-state index in [2.05, 4.69) is 0 Å². The average Bonchev–Trinajstić information content (AvgIpc) is 3.17. The molecule has 0 fully saturated rings. The molecule has 2 aromatic rings. The number of benzene rings is 1. The Bertz CT molecular complexity index is 1450. The summed E-state index contributed by atoms with van der Waals surface area (Å²) in [6, 6.07) is 5.18. The molecule has 1 atom stereocenters. The summed E-state index contributed by atoms with van der Waals surface area (Å²) < 4.78 is 21.2. The lowest BCUT2D eigenvalue weighted by molar-refractivity contribution is -0.152. The highest BCUT2D eigenvalue weighted by Gasteiger charge is 2.36. The van der Waals surface area contributed by atoms with Crippen LogP contribution in [0.3, 0.4) is 0 Å². The highest BCUT2D eigenvalue weighted by molar-refractivity contribution is 5.92. The predicted molar refractivity (Wildman–Crippen MR) is 145 cm³/mol. The second-order valence-electron chi connectivity index (χ2n) is 10.8. The first-order valence-electron chi connectivity index (χ1n) is 12.8. The molecule has 0 spiro atoms. The van der Waals surface area contributed by atoms with Gasteiger partial charge in [-0.05, 0) is 57.0 Å². The van der Waals surface area contributed by atoms with Crippen LogP contribution in [-0.4, -0.2) is 78.7 Å². The van der Waals surface area contributed by atoms with Gasteiger partial charge in [0.1, 0.15) is 24.2 Å². The number of pyridine rings is 1. The highest BCUT2D eigenvalue weighted by atomic mass is 16.7. The predicted octanol–water partition coefficient (Wildman–Crippen LogP) is 4.02. The van der Waals surface area contributed by atoms with Crippen LogP contribution in [-0.2, 0) is 36.8 Å². The Morgan fingerprint density at radius 2 is 1.98 bits per heavy atom. The second kappa shape index (κ2) is 11.0. The summed E-state index contributed by atoms with van der Waals surface area (Å²) in [5, 5.41) is 0.837. The Labute approximate surface area is 232 Å². The van der Waals surface area contributed by atoms with Gasteiger partial charge in [-0.25, -0.2) is 19.4 Å². The lowest BCUT2D eigenvalue weighted by atomic mass is 9.97. The van der Waals surface area contributed by atoms with E-state index >= 15 is 0 Å². The number of rotatable bonds is 5. The number of aryl methyl sites for hydroxylation is 1. The van der Waals surface area contributed by atoms with Crippen molar-refractivity contribution in [3.05, 3.63) is 52.2 Å². The standard InChI is InChI=1S/C29H33N3O8/c1-8-18-20-11-17(38-28(36)40-29(2,3)4)9-10-22(20)30-24-21(18)13-32(7)23(24)12-19-16(14-33)15-37-26(34)25(19)39-27(35)31(5)6/h9-12,14,25H,8,13,15H2,1-7H3/b23-12-. The topological polar surface area (TPSA) is 125 Å². The summed E-state index contributed by atoms with van der Waals surface area (Å²) in [5.74, 6) is -0.417. The third-order valence-electron chi connectivity index (χ3n) is 6.42. The zero-order valence-electron chi connectivity index (χ0n) is 23.7. The van der Waals surface area contributed by atoms with E-state index in [0.717, 1.165) is 16.5 Å². The van der Waals surface area contributed by atoms with E-state index < -0.39 is 29.9 Å². The van der Waals surface area contributed by atoms with Gasteiger partial charge in [0.15, 0.2) is 0 Å². The summed E-state index contributed by atoms with van der Waals surface area (Å²) >= 11 is 0. The molecule has 40 heavy (non-hydrogen) atoms. The number of aromatic nitrogens is 1. The molecule has 0 saturated carbocycles. The lowest BCUT2D eigenvalue weighted by Gasteiger charge is -2.26. The molecular weight excluding hydrogens is 518 g/mol. The molecule has 2 aliphatic rings. The second-order valence-corrected chi connectivity index (χ2v) is 10.8. The molecule has 11 heteroatoms. The van der Waals surface area contributed by atoms with E-state index in [9.17, 15) is 19.2 Å². The highest BCUT2D eigenvalue weighted by Crippen LogP contribution is 2.38. The number of amides is 1. The summed E-state index contributed by atoms with van der Waals surface area (Å²) in [4.78, 5) is 57.1. The molecule has 1 unspecified atom stereocenters. The van der Waals surface area contributed by atoms with E-state index in [1.807, 2.05) is 18.9 Å². The number of cyclic esters (lactones) is 1. The third-order valence-corrected chi connectivity index (χ3v) is 6.42. The molecule has 2 aliphatic heterocycles. The minimum atomic E-state index is -1.40. The Morgan fingerprint density at radius 1 is 1.25 bits per heavy atom. The van der Waals surface area contributed by atoms with Gasteiger partial charge in [0.2, 0.25) is 6.10 Å².